The lowest BCUT2D eigenvalue weighted by molar-refractivity contribution is 0.0952. The van der Waals surface area contributed by atoms with Crippen LogP contribution in [-0.4, -0.2) is 13.0 Å². The Morgan fingerprint density at radius 1 is 1.22 bits per heavy atom. The van der Waals surface area contributed by atoms with Gasteiger partial charge in [-0.3, -0.25) is 4.79 Å². The van der Waals surface area contributed by atoms with Crippen molar-refractivity contribution in [2.45, 2.75) is 13.5 Å². The van der Waals surface area contributed by atoms with Crippen LogP contribution in [0, 0.1) is 12.7 Å². The fourth-order valence-corrected chi connectivity index (χ4v) is 3.44. The van der Waals surface area contributed by atoms with E-state index in [0.29, 0.717) is 22.6 Å². The molecule has 0 bridgehead atoms. The van der Waals surface area contributed by atoms with Crippen molar-refractivity contribution < 1.29 is 13.9 Å². The highest BCUT2D eigenvalue weighted by Gasteiger charge is 2.19. The average Bonchev–Trinajstić information content (AvgIpc) is 2.91. The van der Waals surface area contributed by atoms with Gasteiger partial charge in [-0.05, 0) is 30.7 Å². The Labute approximate surface area is 137 Å². The Morgan fingerprint density at radius 3 is 2.65 bits per heavy atom. The van der Waals surface area contributed by atoms with Crippen LogP contribution in [0.5, 0.6) is 5.75 Å². The van der Waals surface area contributed by atoms with Gasteiger partial charge in [0.05, 0.1) is 7.11 Å². The molecule has 1 amide bonds. The van der Waals surface area contributed by atoms with Gasteiger partial charge >= 0.3 is 0 Å². The van der Waals surface area contributed by atoms with Gasteiger partial charge in [-0.15, -0.1) is 11.3 Å². The Hall–Kier alpha value is -2.40. The number of thiophene rings is 1. The maximum Gasteiger partial charge on any atom is 0.265 e. The zero-order valence-corrected chi connectivity index (χ0v) is 13.7. The van der Waals surface area contributed by atoms with Crippen LogP contribution in [0.25, 0.3) is 10.1 Å². The molecule has 0 aliphatic carbocycles. The summed E-state index contributed by atoms with van der Waals surface area (Å²) in [7, 11) is 1.49. The lowest BCUT2D eigenvalue weighted by Gasteiger charge is -2.06. The van der Waals surface area contributed by atoms with Gasteiger partial charge in [0.2, 0.25) is 0 Å². The Balaban J connectivity index is 1.84. The molecule has 5 heteroatoms. The number of hydrogen-bond donors (Lipinski definition) is 1. The first kappa shape index (κ1) is 15.5. The summed E-state index contributed by atoms with van der Waals surface area (Å²) < 4.78 is 19.6. The van der Waals surface area contributed by atoms with Crippen LogP contribution in [0.2, 0.25) is 0 Å². The number of halogens is 1. The van der Waals surface area contributed by atoms with Gasteiger partial charge in [-0.2, -0.15) is 0 Å². The molecule has 3 aromatic rings. The van der Waals surface area contributed by atoms with E-state index < -0.39 is 0 Å². The third-order valence-corrected chi connectivity index (χ3v) is 4.74. The third kappa shape index (κ3) is 3.19. The van der Waals surface area contributed by atoms with Gasteiger partial charge in [0.25, 0.3) is 5.91 Å². The Kier molecular flexibility index (Phi) is 4.30. The summed E-state index contributed by atoms with van der Waals surface area (Å²) in [6.45, 7) is 2.45. The average molecular weight is 329 g/mol. The number of aryl methyl sites for hydroxylation is 1. The fourth-order valence-electron chi connectivity index (χ4n) is 2.37. The van der Waals surface area contributed by atoms with Gasteiger partial charge in [-0.25, -0.2) is 4.39 Å². The second-order valence-corrected chi connectivity index (χ2v) is 6.33. The van der Waals surface area contributed by atoms with Crippen LogP contribution in [0.4, 0.5) is 4.39 Å². The number of carbonyl (C=O) groups excluding carboxylic acids is 1. The number of rotatable bonds is 4. The molecule has 1 heterocycles. The van der Waals surface area contributed by atoms with E-state index in [0.717, 1.165) is 10.3 Å². The van der Waals surface area contributed by atoms with Crippen molar-refractivity contribution in [2.24, 2.45) is 0 Å². The molecule has 2 aromatic carbocycles. The summed E-state index contributed by atoms with van der Waals surface area (Å²) in [5, 5.41) is 3.51. The van der Waals surface area contributed by atoms with Gasteiger partial charge in [0.1, 0.15) is 16.4 Å². The smallest absolute Gasteiger partial charge is 0.265 e. The quantitative estimate of drug-likeness (QED) is 0.775. The third-order valence-electron chi connectivity index (χ3n) is 3.59. The molecule has 1 aromatic heterocycles. The highest BCUT2D eigenvalue weighted by atomic mass is 32.1. The molecule has 118 valence electrons. The molecule has 3 rings (SSSR count). The highest BCUT2D eigenvalue weighted by molar-refractivity contribution is 7.21. The molecule has 0 saturated heterocycles. The predicted molar refractivity (Wildman–Crippen MR) is 90.7 cm³/mol. The van der Waals surface area contributed by atoms with Crippen molar-refractivity contribution in [3.63, 3.8) is 0 Å². The van der Waals surface area contributed by atoms with Gasteiger partial charge in [0.15, 0.2) is 0 Å². The summed E-state index contributed by atoms with van der Waals surface area (Å²) in [6, 6.07) is 12.4. The number of ether oxygens (including phenoxy) is 1. The van der Waals surface area contributed by atoms with E-state index in [4.69, 9.17) is 4.74 Å². The van der Waals surface area contributed by atoms with E-state index in [1.54, 1.807) is 6.07 Å². The molecule has 23 heavy (non-hydrogen) atoms. The molecule has 0 unspecified atom stereocenters. The lowest BCUT2D eigenvalue weighted by atomic mass is 10.1. The maximum atomic E-state index is 13.4. The van der Waals surface area contributed by atoms with Crippen molar-refractivity contribution in [3.05, 3.63) is 64.3 Å². The van der Waals surface area contributed by atoms with Gasteiger partial charge in [-0.1, -0.05) is 29.8 Å². The van der Waals surface area contributed by atoms with E-state index in [-0.39, 0.29) is 11.7 Å². The van der Waals surface area contributed by atoms with Crippen LogP contribution in [-0.2, 0) is 6.54 Å². The van der Waals surface area contributed by atoms with E-state index in [1.165, 1.54) is 36.1 Å². The summed E-state index contributed by atoms with van der Waals surface area (Å²) >= 11 is 1.30. The molecular formula is C18H16FNO2S. The minimum Gasteiger partial charge on any atom is -0.494 e. The van der Waals surface area contributed by atoms with Crippen molar-refractivity contribution in [1.29, 1.82) is 0 Å². The second-order valence-electron chi connectivity index (χ2n) is 5.27. The van der Waals surface area contributed by atoms with E-state index in [1.807, 2.05) is 31.2 Å². The van der Waals surface area contributed by atoms with Crippen LogP contribution in [0.3, 0.4) is 0 Å². The number of nitrogens with one attached hydrogen (secondary N) is 1. The zero-order chi connectivity index (χ0) is 16.4. The van der Waals surface area contributed by atoms with Crippen LogP contribution < -0.4 is 10.1 Å². The molecule has 0 aliphatic rings. The van der Waals surface area contributed by atoms with Crippen molar-refractivity contribution in [2.75, 3.05) is 7.11 Å². The molecule has 3 nitrogen and oxygen atoms in total. The number of carbonyl (C=O) groups is 1. The predicted octanol–water partition coefficient (Wildman–Crippen LogP) is 4.29. The topological polar surface area (TPSA) is 38.3 Å². The maximum absolute atomic E-state index is 13.4. The minimum atomic E-state index is -0.347. The van der Waals surface area contributed by atoms with E-state index in [2.05, 4.69) is 5.32 Å². The molecule has 0 radical (unpaired) electrons. The van der Waals surface area contributed by atoms with Crippen molar-refractivity contribution in [1.82, 2.24) is 5.32 Å². The molecule has 1 N–H and O–H groups in total. The summed E-state index contributed by atoms with van der Waals surface area (Å²) in [5.74, 6) is -0.143. The molecule has 0 saturated carbocycles. The fraction of sp³-hybridized carbons (Fsp3) is 0.167. The summed E-state index contributed by atoms with van der Waals surface area (Å²) in [4.78, 5) is 12.9. The molecule has 0 fully saturated rings. The summed E-state index contributed by atoms with van der Waals surface area (Å²) in [6.07, 6.45) is 0. The second kappa shape index (κ2) is 6.38. The van der Waals surface area contributed by atoms with Crippen LogP contribution >= 0.6 is 11.3 Å². The number of methoxy groups -OCH3 is 1. The summed E-state index contributed by atoms with van der Waals surface area (Å²) in [5.41, 5.74) is 2.20. The Bertz CT molecular complexity index is 855. The number of fused-ring (bicyclic) bond motifs is 1. The van der Waals surface area contributed by atoms with Crippen molar-refractivity contribution >= 4 is 27.3 Å². The molecule has 0 aliphatic heterocycles. The van der Waals surface area contributed by atoms with E-state index in [9.17, 15) is 9.18 Å². The first-order chi connectivity index (χ1) is 11.1. The van der Waals surface area contributed by atoms with Crippen LogP contribution in [0.15, 0.2) is 42.5 Å². The SMILES string of the molecule is COc1c(C(=O)NCc2ccc(C)cc2)sc2ccc(F)cc12. The normalized spacial score (nSPS) is 10.7. The molecule has 0 spiro atoms. The van der Waals surface area contributed by atoms with Crippen molar-refractivity contribution in [3.8, 4) is 5.75 Å². The first-order valence-corrected chi connectivity index (χ1v) is 8.00. The van der Waals surface area contributed by atoms with E-state index >= 15 is 0 Å². The minimum absolute atomic E-state index is 0.218. The molecular weight excluding hydrogens is 313 g/mol. The van der Waals surface area contributed by atoms with Crippen LogP contribution in [0.1, 0.15) is 20.8 Å². The first-order valence-electron chi connectivity index (χ1n) is 7.18. The van der Waals surface area contributed by atoms with Gasteiger partial charge in [0, 0.05) is 16.6 Å². The number of hydrogen-bond acceptors (Lipinski definition) is 3. The largest absolute Gasteiger partial charge is 0.494 e. The highest BCUT2D eigenvalue weighted by Crippen LogP contribution is 2.37. The molecule has 0 atom stereocenters. The van der Waals surface area contributed by atoms with Gasteiger partial charge < -0.3 is 10.1 Å². The standard InChI is InChI=1S/C18H16FNO2S/c1-11-3-5-12(6-4-11)10-20-18(21)17-16(22-2)14-9-13(19)7-8-15(14)23-17/h3-9H,10H2,1-2H3,(H,20,21). The lowest BCUT2D eigenvalue weighted by Crippen LogP contribution is -2.22. The zero-order valence-electron chi connectivity index (χ0n) is 12.9. The number of amides is 1. The monoisotopic (exact) mass is 329 g/mol. The Morgan fingerprint density at radius 2 is 1.96 bits per heavy atom. The number of benzene rings is 2.